The van der Waals surface area contributed by atoms with Gasteiger partial charge in [-0.25, -0.2) is 0 Å². The summed E-state index contributed by atoms with van der Waals surface area (Å²) >= 11 is 0. The number of fused-ring (bicyclic) bond motifs is 3. The fraction of sp³-hybridized carbons (Fsp3) is 0.450. The molecule has 0 spiro atoms. The molecule has 3 nitrogen and oxygen atoms in total. The van der Waals surface area contributed by atoms with Gasteiger partial charge in [-0.3, -0.25) is 9.69 Å². The van der Waals surface area contributed by atoms with Crippen molar-refractivity contribution in [1.82, 2.24) is 4.90 Å². The van der Waals surface area contributed by atoms with Gasteiger partial charge in [-0.15, -0.1) is 0 Å². The number of hydrogen-bond donors (Lipinski definition) is 0. The van der Waals surface area contributed by atoms with Crippen molar-refractivity contribution in [1.29, 1.82) is 0 Å². The van der Waals surface area contributed by atoms with E-state index >= 15 is 0 Å². The number of nitrogens with zero attached hydrogens (tertiary/aromatic N) is 1. The van der Waals surface area contributed by atoms with Crippen LogP contribution >= 0.6 is 0 Å². The molecule has 2 saturated heterocycles. The summed E-state index contributed by atoms with van der Waals surface area (Å²) < 4.78 is 5.16. The normalized spacial score (nSPS) is 30.5. The third-order valence-corrected chi connectivity index (χ3v) is 5.94. The maximum atomic E-state index is 12.5. The van der Waals surface area contributed by atoms with E-state index in [0.717, 1.165) is 12.8 Å². The van der Waals surface area contributed by atoms with Gasteiger partial charge in [-0.05, 0) is 42.6 Å². The molecule has 120 valence electrons. The van der Waals surface area contributed by atoms with E-state index in [9.17, 15) is 4.79 Å². The molecule has 0 amide bonds. The topological polar surface area (TPSA) is 29.5 Å². The number of hydrogen-bond acceptors (Lipinski definition) is 3. The van der Waals surface area contributed by atoms with Crippen LogP contribution in [0.15, 0.2) is 42.5 Å². The van der Waals surface area contributed by atoms with Crippen molar-refractivity contribution in [2.24, 2.45) is 5.92 Å². The first-order valence-electron chi connectivity index (χ1n) is 8.47. The summed E-state index contributed by atoms with van der Waals surface area (Å²) in [5.41, 5.74) is 1.28. The Morgan fingerprint density at radius 1 is 1.13 bits per heavy atom. The molecule has 0 N–H and O–H groups in total. The zero-order valence-corrected chi connectivity index (χ0v) is 13.7. The van der Waals surface area contributed by atoms with Crippen LogP contribution in [0.3, 0.4) is 0 Å². The molecule has 2 heterocycles. The second-order valence-electron chi connectivity index (χ2n) is 6.96. The summed E-state index contributed by atoms with van der Waals surface area (Å²) in [6, 6.07) is 16.0. The van der Waals surface area contributed by atoms with Crippen molar-refractivity contribution in [3.63, 3.8) is 0 Å². The Bertz CT molecular complexity index is 741. The van der Waals surface area contributed by atoms with Gasteiger partial charge in [0.15, 0.2) is 0 Å². The molecule has 3 heteroatoms. The maximum Gasteiger partial charge on any atom is 0.310 e. The molecule has 0 aromatic heterocycles. The van der Waals surface area contributed by atoms with E-state index in [0.29, 0.717) is 12.1 Å². The van der Waals surface area contributed by atoms with Crippen LogP contribution in [-0.4, -0.2) is 37.1 Å². The lowest BCUT2D eigenvalue weighted by molar-refractivity contribution is -0.150. The number of ether oxygens (including phenoxy) is 1. The molecule has 2 aromatic rings. The molecule has 0 aliphatic carbocycles. The van der Waals surface area contributed by atoms with Gasteiger partial charge in [-0.2, -0.15) is 0 Å². The first-order chi connectivity index (χ1) is 11.2. The molecule has 4 atom stereocenters. The average molecular weight is 309 g/mol. The largest absolute Gasteiger partial charge is 0.469 e. The maximum absolute atomic E-state index is 12.5. The van der Waals surface area contributed by atoms with Crippen molar-refractivity contribution in [3.05, 3.63) is 48.0 Å². The molecule has 2 aliphatic rings. The molecule has 2 bridgehead atoms. The van der Waals surface area contributed by atoms with Gasteiger partial charge in [0.2, 0.25) is 0 Å². The Morgan fingerprint density at radius 2 is 1.91 bits per heavy atom. The Balaban J connectivity index is 1.76. The van der Waals surface area contributed by atoms with Gasteiger partial charge in [0.05, 0.1) is 13.0 Å². The van der Waals surface area contributed by atoms with Crippen LogP contribution in [0.5, 0.6) is 0 Å². The van der Waals surface area contributed by atoms with Gasteiger partial charge >= 0.3 is 5.97 Å². The predicted octanol–water partition coefficient (Wildman–Crippen LogP) is 3.58. The van der Waals surface area contributed by atoms with Crippen molar-refractivity contribution in [2.75, 3.05) is 14.2 Å². The van der Waals surface area contributed by atoms with Crippen LogP contribution in [0.4, 0.5) is 0 Å². The van der Waals surface area contributed by atoms with E-state index in [1.54, 1.807) is 0 Å². The van der Waals surface area contributed by atoms with Crippen LogP contribution in [0.25, 0.3) is 10.8 Å². The first-order valence-corrected chi connectivity index (χ1v) is 8.47. The van der Waals surface area contributed by atoms with Gasteiger partial charge in [0.1, 0.15) is 0 Å². The Morgan fingerprint density at radius 3 is 2.70 bits per heavy atom. The quantitative estimate of drug-likeness (QED) is 0.794. The van der Waals surface area contributed by atoms with E-state index in [1.807, 2.05) is 0 Å². The number of methoxy groups -OCH3 is 1. The zero-order chi connectivity index (χ0) is 16.0. The van der Waals surface area contributed by atoms with E-state index in [2.05, 4.69) is 54.4 Å². The number of benzene rings is 2. The fourth-order valence-corrected chi connectivity index (χ4v) is 4.71. The van der Waals surface area contributed by atoms with Gasteiger partial charge in [-0.1, -0.05) is 42.5 Å². The predicted molar refractivity (Wildman–Crippen MR) is 91.4 cm³/mol. The zero-order valence-electron chi connectivity index (χ0n) is 13.7. The highest BCUT2D eigenvalue weighted by molar-refractivity contribution is 5.83. The molecular formula is C20H23NO2. The van der Waals surface area contributed by atoms with E-state index in [1.165, 1.54) is 29.9 Å². The lowest BCUT2D eigenvalue weighted by atomic mass is 9.76. The summed E-state index contributed by atoms with van der Waals surface area (Å²) in [5.74, 6) is 0.158. The summed E-state index contributed by atoms with van der Waals surface area (Å²) in [6.07, 6.45) is 3.34. The summed E-state index contributed by atoms with van der Waals surface area (Å²) in [7, 11) is 3.68. The minimum atomic E-state index is -0.0552. The smallest absolute Gasteiger partial charge is 0.310 e. The molecule has 0 radical (unpaired) electrons. The lowest BCUT2D eigenvalue weighted by Crippen LogP contribution is -2.49. The summed E-state index contributed by atoms with van der Waals surface area (Å²) in [5, 5.41) is 2.50. The molecule has 2 aliphatic heterocycles. The van der Waals surface area contributed by atoms with Gasteiger partial charge in [0.25, 0.3) is 0 Å². The summed E-state index contributed by atoms with van der Waals surface area (Å²) in [6.45, 7) is 0. The summed E-state index contributed by atoms with van der Waals surface area (Å²) in [4.78, 5) is 14.9. The molecule has 3 unspecified atom stereocenters. The molecule has 0 saturated carbocycles. The lowest BCUT2D eigenvalue weighted by Gasteiger charge is -2.41. The molecule has 4 rings (SSSR count). The number of esters is 1. The van der Waals surface area contributed by atoms with Gasteiger partial charge in [0, 0.05) is 18.0 Å². The van der Waals surface area contributed by atoms with Crippen molar-refractivity contribution >= 4 is 16.7 Å². The van der Waals surface area contributed by atoms with Crippen LogP contribution in [0.2, 0.25) is 0 Å². The highest BCUT2D eigenvalue weighted by Crippen LogP contribution is 2.46. The third kappa shape index (κ3) is 2.34. The Labute approximate surface area is 137 Å². The van der Waals surface area contributed by atoms with Crippen LogP contribution in [-0.2, 0) is 9.53 Å². The Hall–Kier alpha value is -1.87. The molecule has 2 aromatic carbocycles. The molecule has 23 heavy (non-hydrogen) atoms. The number of carbonyl (C=O) groups is 1. The SMILES string of the molecule is COC(=O)C1C2CCC(C[C@@H]1c1ccc3ccccc3c1)N2C. The van der Waals surface area contributed by atoms with E-state index in [-0.39, 0.29) is 17.8 Å². The van der Waals surface area contributed by atoms with Crippen molar-refractivity contribution in [3.8, 4) is 0 Å². The van der Waals surface area contributed by atoms with E-state index in [4.69, 9.17) is 4.74 Å². The first kappa shape index (κ1) is 14.7. The number of piperidine rings is 1. The number of rotatable bonds is 2. The fourth-order valence-electron chi connectivity index (χ4n) is 4.71. The average Bonchev–Trinajstić information content (AvgIpc) is 2.83. The van der Waals surface area contributed by atoms with Crippen molar-refractivity contribution < 1.29 is 9.53 Å². The highest BCUT2D eigenvalue weighted by atomic mass is 16.5. The van der Waals surface area contributed by atoms with E-state index < -0.39 is 0 Å². The second-order valence-corrected chi connectivity index (χ2v) is 6.96. The standard InChI is InChI=1S/C20H23NO2/c1-21-16-9-10-18(21)19(20(22)23-2)17(12-16)15-8-7-13-5-3-4-6-14(13)11-15/h3-8,11,16-19H,9-10,12H2,1-2H3/t16?,17-,18?,19?/m1/s1. The molecule has 2 fully saturated rings. The number of carbonyl (C=O) groups excluding carboxylic acids is 1. The second kappa shape index (κ2) is 5.64. The highest BCUT2D eigenvalue weighted by Gasteiger charge is 2.49. The van der Waals surface area contributed by atoms with Crippen LogP contribution < -0.4 is 0 Å². The monoisotopic (exact) mass is 309 g/mol. The van der Waals surface area contributed by atoms with Crippen LogP contribution in [0.1, 0.15) is 30.7 Å². The molecular weight excluding hydrogens is 286 g/mol. The third-order valence-electron chi connectivity index (χ3n) is 5.94. The minimum absolute atomic E-state index is 0.0510. The Kier molecular flexibility index (Phi) is 3.61. The van der Waals surface area contributed by atoms with Crippen molar-refractivity contribution in [2.45, 2.75) is 37.3 Å². The van der Waals surface area contributed by atoms with Crippen LogP contribution in [0, 0.1) is 5.92 Å². The minimum Gasteiger partial charge on any atom is -0.469 e. The van der Waals surface area contributed by atoms with Gasteiger partial charge < -0.3 is 4.74 Å².